The molecule has 68 valence electrons. The van der Waals surface area contributed by atoms with Gasteiger partial charge in [-0.05, 0) is 25.8 Å². The summed E-state index contributed by atoms with van der Waals surface area (Å²) < 4.78 is 0. The zero-order valence-corrected chi connectivity index (χ0v) is 7.55. The van der Waals surface area contributed by atoms with Gasteiger partial charge in [0.25, 0.3) is 0 Å². The molecule has 2 heteroatoms. The Hall–Kier alpha value is -0.630. The number of carbonyl (C=O) groups is 1. The van der Waals surface area contributed by atoms with E-state index >= 15 is 0 Å². The third kappa shape index (κ3) is 1.95. The Morgan fingerprint density at radius 3 is 2.42 bits per heavy atom. The lowest BCUT2D eigenvalue weighted by molar-refractivity contribution is -0.135. The molecule has 0 atom stereocenters. The largest absolute Gasteiger partial charge is 0.382 e. The van der Waals surface area contributed by atoms with E-state index in [1.54, 1.807) is 13.0 Å². The van der Waals surface area contributed by atoms with Gasteiger partial charge in [0.05, 0.1) is 0 Å². The van der Waals surface area contributed by atoms with Crippen molar-refractivity contribution in [3.05, 3.63) is 12.2 Å². The Labute approximate surface area is 73.3 Å². The van der Waals surface area contributed by atoms with E-state index in [1.807, 2.05) is 0 Å². The quantitative estimate of drug-likeness (QED) is 0.639. The zero-order chi connectivity index (χ0) is 9.03. The van der Waals surface area contributed by atoms with Gasteiger partial charge in [-0.1, -0.05) is 25.3 Å². The molecule has 0 aromatic heterocycles. The fraction of sp³-hybridized carbons (Fsp3) is 0.700. The van der Waals surface area contributed by atoms with Gasteiger partial charge in [0.2, 0.25) is 0 Å². The normalized spacial score (nSPS) is 22.8. The predicted molar refractivity (Wildman–Crippen MR) is 47.9 cm³/mol. The van der Waals surface area contributed by atoms with Gasteiger partial charge in [-0.15, -0.1) is 0 Å². The molecule has 12 heavy (non-hydrogen) atoms. The average molecular weight is 168 g/mol. The minimum atomic E-state index is -1.04. The standard InChI is InChI=1S/C10H16O2/c1-2-6-9(11)10(12)7-4-3-5-8-10/h2,6,12H,3-5,7-8H2,1H3/b6-2+. The lowest BCUT2D eigenvalue weighted by Gasteiger charge is -2.29. The van der Waals surface area contributed by atoms with Crippen LogP contribution in [0.5, 0.6) is 0 Å². The SMILES string of the molecule is C/C=C/C(=O)C1(O)CCCCC1. The van der Waals surface area contributed by atoms with Crippen LogP contribution in [-0.2, 0) is 4.79 Å². The summed E-state index contributed by atoms with van der Waals surface area (Å²) in [5.41, 5.74) is -1.04. The summed E-state index contributed by atoms with van der Waals surface area (Å²) in [6, 6.07) is 0. The summed E-state index contributed by atoms with van der Waals surface area (Å²) >= 11 is 0. The maximum absolute atomic E-state index is 11.4. The van der Waals surface area contributed by atoms with Gasteiger partial charge < -0.3 is 5.11 Å². The molecule has 0 aliphatic heterocycles. The Balaban J connectivity index is 2.62. The molecule has 0 aromatic rings. The Bertz CT molecular complexity index is 188. The summed E-state index contributed by atoms with van der Waals surface area (Å²) in [5.74, 6) is -0.121. The summed E-state index contributed by atoms with van der Waals surface area (Å²) in [4.78, 5) is 11.4. The van der Waals surface area contributed by atoms with E-state index in [9.17, 15) is 9.90 Å². The van der Waals surface area contributed by atoms with Crippen molar-refractivity contribution < 1.29 is 9.90 Å². The molecule has 0 unspecified atom stereocenters. The molecule has 0 saturated heterocycles. The van der Waals surface area contributed by atoms with Crippen LogP contribution in [0, 0.1) is 0 Å². The summed E-state index contributed by atoms with van der Waals surface area (Å²) in [6.07, 6.45) is 7.53. The number of carbonyl (C=O) groups excluding carboxylic acids is 1. The first-order valence-electron chi connectivity index (χ1n) is 4.58. The highest BCUT2D eigenvalue weighted by Crippen LogP contribution is 2.28. The van der Waals surface area contributed by atoms with Gasteiger partial charge in [-0.25, -0.2) is 0 Å². The van der Waals surface area contributed by atoms with Crippen LogP contribution in [0.2, 0.25) is 0 Å². The average Bonchev–Trinajstić information content (AvgIpc) is 2.06. The number of rotatable bonds is 2. The van der Waals surface area contributed by atoms with Crippen molar-refractivity contribution in [2.75, 3.05) is 0 Å². The van der Waals surface area contributed by atoms with Crippen molar-refractivity contribution >= 4 is 5.78 Å². The maximum atomic E-state index is 11.4. The molecular formula is C10H16O2. The molecule has 0 spiro atoms. The van der Waals surface area contributed by atoms with Gasteiger partial charge in [-0.3, -0.25) is 4.79 Å². The lowest BCUT2D eigenvalue weighted by atomic mass is 9.81. The molecule has 1 N–H and O–H groups in total. The van der Waals surface area contributed by atoms with Crippen molar-refractivity contribution in [1.82, 2.24) is 0 Å². The minimum Gasteiger partial charge on any atom is -0.382 e. The number of hydrogen-bond acceptors (Lipinski definition) is 2. The molecule has 2 nitrogen and oxygen atoms in total. The molecule has 0 aromatic carbocycles. The second-order valence-electron chi connectivity index (χ2n) is 3.46. The van der Waals surface area contributed by atoms with Crippen molar-refractivity contribution in [3.8, 4) is 0 Å². The van der Waals surface area contributed by atoms with Crippen molar-refractivity contribution in [2.45, 2.75) is 44.6 Å². The fourth-order valence-electron chi connectivity index (χ4n) is 1.69. The Kier molecular flexibility index (Phi) is 3.04. The van der Waals surface area contributed by atoms with Gasteiger partial charge in [-0.2, -0.15) is 0 Å². The summed E-state index contributed by atoms with van der Waals surface area (Å²) in [5, 5.41) is 9.87. The minimum absolute atomic E-state index is 0.121. The zero-order valence-electron chi connectivity index (χ0n) is 7.55. The van der Waals surface area contributed by atoms with Gasteiger partial charge >= 0.3 is 0 Å². The van der Waals surface area contributed by atoms with Crippen LogP contribution in [0.3, 0.4) is 0 Å². The third-order valence-electron chi connectivity index (χ3n) is 2.46. The van der Waals surface area contributed by atoms with Crippen molar-refractivity contribution in [3.63, 3.8) is 0 Å². The van der Waals surface area contributed by atoms with E-state index in [4.69, 9.17) is 0 Å². The molecule has 0 radical (unpaired) electrons. The van der Waals surface area contributed by atoms with Gasteiger partial charge in [0.1, 0.15) is 5.60 Å². The van der Waals surface area contributed by atoms with E-state index in [-0.39, 0.29) is 5.78 Å². The van der Waals surface area contributed by atoms with Crippen LogP contribution in [0.25, 0.3) is 0 Å². The maximum Gasteiger partial charge on any atom is 0.186 e. The van der Waals surface area contributed by atoms with E-state index < -0.39 is 5.60 Å². The van der Waals surface area contributed by atoms with Crippen LogP contribution in [0.15, 0.2) is 12.2 Å². The van der Waals surface area contributed by atoms with E-state index in [2.05, 4.69) is 0 Å². The Morgan fingerprint density at radius 1 is 1.33 bits per heavy atom. The molecule has 0 bridgehead atoms. The van der Waals surface area contributed by atoms with E-state index in [0.29, 0.717) is 12.8 Å². The molecule has 0 heterocycles. The number of hydrogen-bond donors (Lipinski definition) is 1. The monoisotopic (exact) mass is 168 g/mol. The highest BCUT2D eigenvalue weighted by molar-refractivity contribution is 5.96. The molecule has 1 rings (SSSR count). The number of ketones is 1. The first-order valence-corrected chi connectivity index (χ1v) is 4.58. The molecule has 1 aliphatic rings. The van der Waals surface area contributed by atoms with Crippen molar-refractivity contribution in [1.29, 1.82) is 0 Å². The van der Waals surface area contributed by atoms with Crippen LogP contribution < -0.4 is 0 Å². The third-order valence-corrected chi connectivity index (χ3v) is 2.46. The smallest absolute Gasteiger partial charge is 0.186 e. The second kappa shape index (κ2) is 3.85. The van der Waals surface area contributed by atoms with Crippen LogP contribution >= 0.6 is 0 Å². The topological polar surface area (TPSA) is 37.3 Å². The molecular weight excluding hydrogens is 152 g/mol. The predicted octanol–water partition coefficient (Wildman–Crippen LogP) is 1.83. The number of aliphatic hydroxyl groups is 1. The summed E-state index contributed by atoms with van der Waals surface area (Å²) in [6.45, 7) is 1.80. The van der Waals surface area contributed by atoms with Crippen LogP contribution in [0.1, 0.15) is 39.0 Å². The van der Waals surface area contributed by atoms with Gasteiger partial charge in [0, 0.05) is 0 Å². The van der Waals surface area contributed by atoms with Crippen LogP contribution in [-0.4, -0.2) is 16.5 Å². The molecule has 1 aliphatic carbocycles. The number of allylic oxidation sites excluding steroid dienone is 1. The molecule has 1 fully saturated rings. The highest BCUT2D eigenvalue weighted by atomic mass is 16.3. The summed E-state index contributed by atoms with van der Waals surface area (Å²) in [7, 11) is 0. The van der Waals surface area contributed by atoms with E-state index in [0.717, 1.165) is 19.3 Å². The first-order chi connectivity index (χ1) is 5.69. The fourth-order valence-corrected chi connectivity index (χ4v) is 1.69. The van der Waals surface area contributed by atoms with Gasteiger partial charge in [0.15, 0.2) is 5.78 Å². The van der Waals surface area contributed by atoms with E-state index in [1.165, 1.54) is 6.08 Å². The molecule has 0 amide bonds. The second-order valence-corrected chi connectivity index (χ2v) is 3.46. The first kappa shape index (κ1) is 9.46. The Morgan fingerprint density at radius 2 is 1.92 bits per heavy atom. The van der Waals surface area contributed by atoms with Crippen molar-refractivity contribution in [2.24, 2.45) is 0 Å². The van der Waals surface area contributed by atoms with Crippen LogP contribution in [0.4, 0.5) is 0 Å². The molecule has 1 saturated carbocycles. The lowest BCUT2D eigenvalue weighted by Crippen LogP contribution is -2.39. The highest BCUT2D eigenvalue weighted by Gasteiger charge is 2.34.